The van der Waals surface area contributed by atoms with Crippen LogP contribution in [0.4, 0.5) is 0 Å². The van der Waals surface area contributed by atoms with Gasteiger partial charge in [-0.2, -0.15) is 0 Å². The molecule has 12 heavy (non-hydrogen) atoms. The van der Waals surface area contributed by atoms with Gasteiger partial charge < -0.3 is 5.73 Å². The second-order valence-corrected chi connectivity index (χ2v) is 3.67. The Labute approximate surface area is 81.3 Å². The molecule has 0 bridgehead atoms. The second kappa shape index (κ2) is 4.01. The van der Waals surface area contributed by atoms with Gasteiger partial charge in [0, 0.05) is 10.5 Å². The minimum absolute atomic E-state index is 0.0665. The molecule has 0 saturated heterocycles. The Kier molecular flexibility index (Phi) is 3.23. The zero-order valence-corrected chi connectivity index (χ0v) is 8.93. The molecule has 1 atom stereocenters. The maximum atomic E-state index is 5.84. The van der Waals surface area contributed by atoms with Crippen molar-refractivity contribution in [3.8, 4) is 0 Å². The molecular weight excluding hydrogens is 216 g/mol. The molecule has 1 aromatic heterocycles. The average molecular weight is 229 g/mol. The predicted octanol–water partition coefficient (Wildman–Crippen LogP) is 2.56. The van der Waals surface area contributed by atoms with Gasteiger partial charge in [0.05, 0.1) is 11.4 Å². The monoisotopic (exact) mass is 228 g/mol. The van der Waals surface area contributed by atoms with Crippen LogP contribution in [0.25, 0.3) is 0 Å². The summed E-state index contributed by atoms with van der Waals surface area (Å²) in [4.78, 5) is 4.37. The van der Waals surface area contributed by atoms with Crippen molar-refractivity contribution in [1.82, 2.24) is 4.98 Å². The number of nitrogens with two attached hydrogens (primary N) is 1. The van der Waals surface area contributed by atoms with Gasteiger partial charge in [0.25, 0.3) is 0 Å². The number of hydrogen-bond acceptors (Lipinski definition) is 2. The Morgan fingerprint density at radius 1 is 1.58 bits per heavy atom. The fourth-order valence-corrected chi connectivity index (χ4v) is 1.20. The summed E-state index contributed by atoms with van der Waals surface area (Å²) in [6, 6.07) is 4.02. The van der Waals surface area contributed by atoms with E-state index in [1.807, 2.05) is 19.1 Å². The predicted molar refractivity (Wildman–Crippen MR) is 53.9 cm³/mol. The van der Waals surface area contributed by atoms with Crippen LogP contribution in [-0.4, -0.2) is 4.98 Å². The van der Waals surface area contributed by atoms with E-state index in [-0.39, 0.29) is 6.04 Å². The summed E-state index contributed by atoms with van der Waals surface area (Å²) in [5.74, 6) is 0. The summed E-state index contributed by atoms with van der Waals surface area (Å²) in [5, 5.41) is 0. The number of hydrogen-bond donors (Lipinski definition) is 1. The molecule has 2 nitrogen and oxygen atoms in total. The molecule has 0 radical (unpaired) electrons. The Hall–Kier alpha value is -0.410. The van der Waals surface area contributed by atoms with Crippen molar-refractivity contribution < 1.29 is 0 Å². The Morgan fingerprint density at radius 3 is 2.75 bits per heavy atom. The molecular formula is C9H13BrN2. The SMILES string of the molecule is CCC(N)c1ccc(Br)c(C)n1. The van der Waals surface area contributed by atoms with Gasteiger partial charge in [-0.1, -0.05) is 6.92 Å². The first-order chi connectivity index (χ1) is 5.65. The lowest BCUT2D eigenvalue weighted by Crippen LogP contribution is -2.10. The van der Waals surface area contributed by atoms with Crippen LogP contribution in [0.5, 0.6) is 0 Å². The van der Waals surface area contributed by atoms with Gasteiger partial charge in [-0.05, 0) is 41.4 Å². The van der Waals surface area contributed by atoms with Crippen molar-refractivity contribution in [2.24, 2.45) is 5.73 Å². The van der Waals surface area contributed by atoms with Crippen molar-refractivity contribution in [2.45, 2.75) is 26.3 Å². The van der Waals surface area contributed by atoms with Gasteiger partial charge >= 0.3 is 0 Å². The molecule has 1 heterocycles. The molecule has 1 rings (SSSR count). The summed E-state index contributed by atoms with van der Waals surface area (Å²) in [6.45, 7) is 4.03. The number of aromatic nitrogens is 1. The van der Waals surface area contributed by atoms with Gasteiger partial charge in [-0.15, -0.1) is 0 Å². The number of pyridine rings is 1. The maximum absolute atomic E-state index is 5.84. The minimum atomic E-state index is 0.0665. The standard InChI is InChI=1S/C9H13BrN2/c1-3-8(11)9-5-4-7(10)6(2)12-9/h4-5,8H,3,11H2,1-2H3. The molecule has 0 aliphatic rings. The smallest absolute Gasteiger partial charge is 0.0574 e. The Morgan fingerprint density at radius 2 is 2.25 bits per heavy atom. The zero-order chi connectivity index (χ0) is 9.14. The normalized spacial score (nSPS) is 13.0. The summed E-state index contributed by atoms with van der Waals surface area (Å²) in [6.07, 6.45) is 0.925. The van der Waals surface area contributed by atoms with Crippen LogP contribution in [0.3, 0.4) is 0 Å². The average Bonchev–Trinajstić information content (AvgIpc) is 2.08. The molecule has 1 aromatic rings. The lowest BCUT2D eigenvalue weighted by Gasteiger charge is -2.08. The van der Waals surface area contributed by atoms with E-state index in [2.05, 4.69) is 27.8 Å². The molecule has 0 amide bonds. The van der Waals surface area contributed by atoms with Crippen LogP contribution in [0.2, 0.25) is 0 Å². The van der Waals surface area contributed by atoms with Gasteiger partial charge in [0.15, 0.2) is 0 Å². The lowest BCUT2D eigenvalue weighted by atomic mass is 10.1. The van der Waals surface area contributed by atoms with Gasteiger partial charge in [0.1, 0.15) is 0 Å². The number of rotatable bonds is 2. The first-order valence-electron chi connectivity index (χ1n) is 4.03. The number of nitrogens with zero attached hydrogens (tertiary/aromatic N) is 1. The fourth-order valence-electron chi connectivity index (χ4n) is 0.979. The van der Waals surface area contributed by atoms with Crippen molar-refractivity contribution in [1.29, 1.82) is 0 Å². The van der Waals surface area contributed by atoms with Crippen LogP contribution in [0, 0.1) is 6.92 Å². The van der Waals surface area contributed by atoms with Gasteiger partial charge in [0.2, 0.25) is 0 Å². The second-order valence-electron chi connectivity index (χ2n) is 2.82. The lowest BCUT2D eigenvalue weighted by molar-refractivity contribution is 0.672. The number of halogens is 1. The van der Waals surface area contributed by atoms with E-state index in [0.29, 0.717) is 0 Å². The molecule has 3 heteroatoms. The third kappa shape index (κ3) is 2.05. The van der Waals surface area contributed by atoms with Crippen LogP contribution in [0.15, 0.2) is 16.6 Å². The Bertz CT molecular complexity index is 273. The van der Waals surface area contributed by atoms with E-state index in [1.54, 1.807) is 0 Å². The summed E-state index contributed by atoms with van der Waals surface area (Å²) in [5.41, 5.74) is 7.80. The molecule has 0 spiro atoms. The molecule has 2 N–H and O–H groups in total. The van der Waals surface area contributed by atoms with Crippen LogP contribution < -0.4 is 5.73 Å². The summed E-state index contributed by atoms with van der Waals surface area (Å²) in [7, 11) is 0. The molecule has 0 saturated carbocycles. The first kappa shape index (κ1) is 9.68. The van der Waals surface area contributed by atoms with Gasteiger partial charge in [-0.3, -0.25) is 4.98 Å². The quantitative estimate of drug-likeness (QED) is 0.846. The molecule has 0 aliphatic carbocycles. The maximum Gasteiger partial charge on any atom is 0.0574 e. The number of aryl methyl sites for hydroxylation is 1. The highest BCUT2D eigenvalue weighted by atomic mass is 79.9. The third-order valence-electron chi connectivity index (χ3n) is 1.86. The van der Waals surface area contributed by atoms with Crippen molar-refractivity contribution in [2.75, 3.05) is 0 Å². The third-order valence-corrected chi connectivity index (χ3v) is 2.70. The van der Waals surface area contributed by atoms with Gasteiger partial charge in [-0.25, -0.2) is 0 Å². The van der Waals surface area contributed by atoms with E-state index in [1.165, 1.54) is 0 Å². The molecule has 0 aliphatic heterocycles. The van der Waals surface area contributed by atoms with E-state index >= 15 is 0 Å². The highest BCUT2D eigenvalue weighted by molar-refractivity contribution is 9.10. The highest BCUT2D eigenvalue weighted by Gasteiger charge is 2.05. The molecule has 66 valence electrons. The zero-order valence-electron chi connectivity index (χ0n) is 7.34. The minimum Gasteiger partial charge on any atom is -0.323 e. The van der Waals surface area contributed by atoms with Crippen molar-refractivity contribution in [3.05, 3.63) is 28.0 Å². The van der Waals surface area contributed by atoms with Crippen LogP contribution in [0.1, 0.15) is 30.8 Å². The Balaban J connectivity index is 2.96. The van der Waals surface area contributed by atoms with E-state index in [0.717, 1.165) is 22.3 Å². The largest absolute Gasteiger partial charge is 0.323 e. The summed E-state index contributed by atoms with van der Waals surface area (Å²) < 4.78 is 1.04. The summed E-state index contributed by atoms with van der Waals surface area (Å²) >= 11 is 3.40. The molecule has 0 fully saturated rings. The van der Waals surface area contributed by atoms with Crippen molar-refractivity contribution in [3.63, 3.8) is 0 Å². The fraction of sp³-hybridized carbons (Fsp3) is 0.444. The van der Waals surface area contributed by atoms with Crippen molar-refractivity contribution >= 4 is 15.9 Å². The van der Waals surface area contributed by atoms with Crippen LogP contribution >= 0.6 is 15.9 Å². The van der Waals surface area contributed by atoms with E-state index in [4.69, 9.17) is 5.73 Å². The molecule has 0 aromatic carbocycles. The first-order valence-corrected chi connectivity index (χ1v) is 4.83. The molecule has 1 unspecified atom stereocenters. The topological polar surface area (TPSA) is 38.9 Å². The van der Waals surface area contributed by atoms with E-state index in [9.17, 15) is 0 Å². The van der Waals surface area contributed by atoms with E-state index < -0.39 is 0 Å². The van der Waals surface area contributed by atoms with Crippen LogP contribution in [-0.2, 0) is 0 Å². The highest BCUT2D eigenvalue weighted by Crippen LogP contribution is 2.17.